The molecule has 1 aromatic carbocycles. The van der Waals surface area contributed by atoms with Gasteiger partial charge < -0.3 is 15.4 Å². The zero-order valence-corrected chi connectivity index (χ0v) is 13.5. The van der Waals surface area contributed by atoms with Crippen LogP contribution in [0.5, 0.6) is 0 Å². The van der Waals surface area contributed by atoms with Crippen molar-refractivity contribution in [3.8, 4) is 0 Å². The topological polar surface area (TPSA) is 50.4 Å². The van der Waals surface area contributed by atoms with Crippen LogP contribution in [-0.4, -0.2) is 24.3 Å². The molecule has 1 aliphatic carbocycles. The van der Waals surface area contributed by atoms with Gasteiger partial charge in [0.15, 0.2) is 0 Å². The molecule has 0 spiro atoms. The van der Waals surface area contributed by atoms with E-state index in [1.165, 1.54) is 18.4 Å². The average molecular weight is 302 g/mol. The largest absolute Gasteiger partial charge is 0.375 e. The molecule has 0 radical (unpaired) electrons. The Morgan fingerprint density at radius 3 is 2.36 bits per heavy atom. The summed E-state index contributed by atoms with van der Waals surface area (Å²) in [5, 5.41) is 6.01. The van der Waals surface area contributed by atoms with Gasteiger partial charge in [0.2, 0.25) is 0 Å². The first-order chi connectivity index (χ1) is 10.6. The van der Waals surface area contributed by atoms with Crippen LogP contribution in [0.25, 0.3) is 0 Å². The molecule has 2 atom stereocenters. The molecule has 1 aliphatic heterocycles. The molecule has 2 unspecified atom stereocenters. The van der Waals surface area contributed by atoms with Crippen molar-refractivity contribution >= 4 is 6.03 Å². The maximum Gasteiger partial charge on any atom is 0.315 e. The predicted octanol–water partition coefficient (Wildman–Crippen LogP) is 3.32. The highest BCUT2D eigenvalue weighted by Crippen LogP contribution is 2.39. The van der Waals surface area contributed by atoms with Crippen LogP contribution in [0.4, 0.5) is 4.79 Å². The van der Waals surface area contributed by atoms with Crippen LogP contribution < -0.4 is 10.6 Å². The van der Waals surface area contributed by atoms with E-state index in [0.717, 1.165) is 24.3 Å². The highest BCUT2D eigenvalue weighted by molar-refractivity contribution is 5.74. The highest BCUT2D eigenvalue weighted by atomic mass is 16.5. The summed E-state index contributed by atoms with van der Waals surface area (Å²) in [5.41, 5.74) is 2.58. The monoisotopic (exact) mass is 302 g/mol. The van der Waals surface area contributed by atoms with E-state index in [9.17, 15) is 4.79 Å². The van der Waals surface area contributed by atoms with Gasteiger partial charge in [-0.1, -0.05) is 24.3 Å². The third kappa shape index (κ3) is 4.23. The fourth-order valence-electron chi connectivity index (χ4n) is 3.27. The number of rotatable bonds is 4. The molecule has 2 fully saturated rings. The van der Waals surface area contributed by atoms with Crippen LogP contribution in [0.3, 0.4) is 0 Å². The van der Waals surface area contributed by atoms with E-state index in [1.807, 2.05) is 0 Å². The maximum atomic E-state index is 12.0. The Morgan fingerprint density at radius 1 is 1.14 bits per heavy atom. The Bertz CT molecular complexity index is 500. The normalized spacial score (nSPS) is 28.2. The summed E-state index contributed by atoms with van der Waals surface area (Å²) in [6.45, 7) is 4.69. The van der Waals surface area contributed by atoms with E-state index in [0.29, 0.717) is 6.54 Å². The quantitative estimate of drug-likeness (QED) is 0.896. The van der Waals surface area contributed by atoms with E-state index in [1.54, 1.807) is 0 Å². The number of urea groups is 1. The minimum Gasteiger partial charge on any atom is -0.375 e. The van der Waals surface area contributed by atoms with Gasteiger partial charge in [0.05, 0.1) is 12.2 Å². The fraction of sp³-hybridized carbons (Fsp3) is 0.611. The van der Waals surface area contributed by atoms with Crippen molar-refractivity contribution in [2.75, 3.05) is 0 Å². The van der Waals surface area contributed by atoms with Crippen LogP contribution in [0, 0.1) is 0 Å². The summed E-state index contributed by atoms with van der Waals surface area (Å²) < 4.78 is 5.69. The molecule has 4 heteroatoms. The second-order valence-corrected chi connectivity index (χ2v) is 6.77. The van der Waals surface area contributed by atoms with Crippen molar-refractivity contribution in [1.29, 1.82) is 0 Å². The smallest absolute Gasteiger partial charge is 0.315 e. The summed E-state index contributed by atoms with van der Waals surface area (Å²) >= 11 is 0. The van der Waals surface area contributed by atoms with Crippen molar-refractivity contribution in [1.82, 2.24) is 10.6 Å². The third-order valence-electron chi connectivity index (χ3n) is 4.51. The predicted molar refractivity (Wildman–Crippen MR) is 86.8 cm³/mol. The molecule has 4 nitrogen and oxygen atoms in total. The summed E-state index contributed by atoms with van der Waals surface area (Å²) in [6, 6.07) is 8.73. The molecule has 0 bridgehead atoms. The number of benzene rings is 1. The van der Waals surface area contributed by atoms with Crippen LogP contribution >= 0.6 is 0 Å². The second-order valence-electron chi connectivity index (χ2n) is 6.77. The van der Waals surface area contributed by atoms with Gasteiger partial charge in [-0.05, 0) is 56.6 Å². The van der Waals surface area contributed by atoms with Crippen LogP contribution in [0.15, 0.2) is 24.3 Å². The lowest BCUT2D eigenvalue weighted by molar-refractivity contribution is -0.0402. The standard InChI is InChI=1S/C18H26N2O2/c1-12-9-17(10-13(2)22-12)20-18(21)19-11-14-3-5-15(6-4-14)16-7-8-16/h3-6,12-13,16-17H,7-11H2,1-2H3,(H2,19,20,21). The molecule has 22 heavy (non-hydrogen) atoms. The van der Waals surface area contributed by atoms with Crippen molar-refractivity contribution in [3.05, 3.63) is 35.4 Å². The molecule has 2 amide bonds. The Morgan fingerprint density at radius 2 is 1.77 bits per heavy atom. The Hall–Kier alpha value is -1.55. The van der Waals surface area contributed by atoms with E-state index in [4.69, 9.17) is 4.74 Å². The van der Waals surface area contributed by atoms with E-state index in [-0.39, 0.29) is 24.3 Å². The zero-order valence-electron chi connectivity index (χ0n) is 13.5. The van der Waals surface area contributed by atoms with Gasteiger partial charge in [0, 0.05) is 12.6 Å². The minimum absolute atomic E-state index is 0.0856. The maximum absolute atomic E-state index is 12.0. The summed E-state index contributed by atoms with van der Waals surface area (Å²) in [4.78, 5) is 12.0. The van der Waals surface area contributed by atoms with Crippen LogP contribution in [-0.2, 0) is 11.3 Å². The number of nitrogens with one attached hydrogen (secondary N) is 2. The van der Waals surface area contributed by atoms with Crippen molar-refractivity contribution in [3.63, 3.8) is 0 Å². The molecule has 3 rings (SSSR count). The van der Waals surface area contributed by atoms with Crippen molar-refractivity contribution in [2.24, 2.45) is 0 Å². The third-order valence-corrected chi connectivity index (χ3v) is 4.51. The van der Waals surface area contributed by atoms with Crippen molar-refractivity contribution in [2.45, 2.75) is 70.2 Å². The molecular weight excluding hydrogens is 276 g/mol. The first-order valence-corrected chi connectivity index (χ1v) is 8.39. The number of hydrogen-bond acceptors (Lipinski definition) is 2. The lowest BCUT2D eigenvalue weighted by Gasteiger charge is -2.32. The Balaban J connectivity index is 1.43. The molecule has 0 aromatic heterocycles. The van der Waals surface area contributed by atoms with Gasteiger partial charge in [-0.3, -0.25) is 0 Å². The van der Waals surface area contributed by atoms with Gasteiger partial charge in [-0.25, -0.2) is 4.79 Å². The highest BCUT2D eigenvalue weighted by Gasteiger charge is 2.25. The van der Waals surface area contributed by atoms with E-state index < -0.39 is 0 Å². The average Bonchev–Trinajstić information content (AvgIpc) is 3.29. The molecule has 2 aliphatic rings. The van der Waals surface area contributed by atoms with E-state index in [2.05, 4.69) is 48.7 Å². The van der Waals surface area contributed by atoms with Gasteiger partial charge in [-0.2, -0.15) is 0 Å². The Kier molecular flexibility index (Phi) is 4.67. The first-order valence-electron chi connectivity index (χ1n) is 8.39. The van der Waals surface area contributed by atoms with Gasteiger partial charge in [0.25, 0.3) is 0 Å². The number of carbonyl (C=O) groups is 1. The molecule has 2 N–H and O–H groups in total. The van der Waals surface area contributed by atoms with Crippen LogP contribution in [0.1, 0.15) is 56.6 Å². The van der Waals surface area contributed by atoms with Gasteiger partial charge in [0.1, 0.15) is 0 Å². The number of ether oxygens (including phenoxy) is 1. The molecule has 1 aromatic rings. The van der Waals surface area contributed by atoms with Crippen LogP contribution in [0.2, 0.25) is 0 Å². The lowest BCUT2D eigenvalue weighted by Crippen LogP contribution is -2.47. The lowest BCUT2D eigenvalue weighted by atomic mass is 10.0. The summed E-state index contributed by atoms with van der Waals surface area (Å²) in [7, 11) is 0. The molecule has 1 saturated carbocycles. The van der Waals surface area contributed by atoms with Crippen molar-refractivity contribution < 1.29 is 9.53 Å². The number of carbonyl (C=O) groups excluding carboxylic acids is 1. The zero-order chi connectivity index (χ0) is 15.5. The molecule has 1 saturated heterocycles. The molecule has 120 valence electrons. The number of amides is 2. The SMILES string of the molecule is CC1CC(NC(=O)NCc2ccc(C3CC3)cc2)CC(C)O1. The van der Waals surface area contributed by atoms with Gasteiger partial charge in [-0.15, -0.1) is 0 Å². The molecular formula is C18H26N2O2. The van der Waals surface area contributed by atoms with Gasteiger partial charge >= 0.3 is 6.03 Å². The number of hydrogen-bond donors (Lipinski definition) is 2. The summed E-state index contributed by atoms with van der Waals surface area (Å²) in [5.74, 6) is 0.780. The summed E-state index contributed by atoms with van der Waals surface area (Å²) in [6.07, 6.45) is 4.83. The first kappa shape index (κ1) is 15.3. The minimum atomic E-state index is -0.0856. The second kappa shape index (κ2) is 6.69. The van der Waals surface area contributed by atoms with E-state index >= 15 is 0 Å². The Labute approximate surface area is 132 Å². The fourth-order valence-corrected chi connectivity index (χ4v) is 3.27. The molecule has 1 heterocycles.